The van der Waals surface area contributed by atoms with E-state index in [1.807, 2.05) is 24.4 Å². The van der Waals surface area contributed by atoms with Crippen molar-refractivity contribution in [1.82, 2.24) is 9.38 Å². The Bertz CT molecular complexity index is 913. The minimum absolute atomic E-state index is 0.232. The lowest BCUT2D eigenvalue weighted by atomic mass is 10.2. The van der Waals surface area contributed by atoms with Gasteiger partial charge in [-0.1, -0.05) is 6.92 Å². The minimum atomic E-state index is -0.361. The Kier molecular flexibility index (Phi) is 4.79. The summed E-state index contributed by atoms with van der Waals surface area (Å²) in [6.07, 6.45) is 4.48. The quantitative estimate of drug-likeness (QED) is 0.724. The standard InChI is InChI=1S/C19H19N3O3/c1-3-10-25-19(24)14-4-6-16(7-5-14)21-18(23)15-8-9-22-12-13(2)20-17(22)11-15/h4-9,11-12H,3,10H2,1-2H3,(H,21,23). The average Bonchev–Trinajstić information content (AvgIpc) is 2.99. The molecular weight excluding hydrogens is 318 g/mol. The van der Waals surface area contributed by atoms with Gasteiger partial charge in [0.25, 0.3) is 5.91 Å². The van der Waals surface area contributed by atoms with Gasteiger partial charge in [-0.25, -0.2) is 9.78 Å². The van der Waals surface area contributed by atoms with Crippen molar-refractivity contribution in [2.45, 2.75) is 20.3 Å². The fraction of sp³-hybridized carbons (Fsp3) is 0.211. The smallest absolute Gasteiger partial charge is 0.338 e. The van der Waals surface area contributed by atoms with Crippen molar-refractivity contribution in [3.63, 3.8) is 0 Å². The Balaban J connectivity index is 1.70. The van der Waals surface area contributed by atoms with Gasteiger partial charge in [0.15, 0.2) is 0 Å². The van der Waals surface area contributed by atoms with Crippen LogP contribution in [-0.2, 0) is 4.74 Å². The van der Waals surface area contributed by atoms with Crippen LogP contribution < -0.4 is 5.32 Å². The summed E-state index contributed by atoms with van der Waals surface area (Å²) in [4.78, 5) is 28.5. The van der Waals surface area contributed by atoms with Crippen LogP contribution in [0.1, 0.15) is 39.8 Å². The number of benzene rings is 1. The van der Waals surface area contributed by atoms with E-state index in [4.69, 9.17) is 4.74 Å². The number of carbonyl (C=O) groups is 2. The summed E-state index contributed by atoms with van der Waals surface area (Å²) < 4.78 is 6.94. The molecule has 0 aliphatic carbocycles. The molecule has 2 heterocycles. The number of ether oxygens (including phenoxy) is 1. The first-order valence-corrected chi connectivity index (χ1v) is 8.10. The fourth-order valence-corrected chi connectivity index (χ4v) is 2.42. The molecule has 0 radical (unpaired) electrons. The van der Waals surface area contributed by atoms with E-state index >= 15 is 0 Å². The Labute approximate surface area is 145 Å². The van der Waals surface area contributed by atoms with Crippen molar-refractivity contribution in [3.8, 4) is 0 Å². The van der Waals surface area contributed by atoms with Crippen molar-refractivity contribution in [3.05, 3.63) is 65.6 Å². The van der Waals surface area contributed by atoms with E-state index in [1.165, 1.54) is 0 Å². The second-order valence-electron chi connectivity index (χ2n) is 5.73. The summed E-state index contributed by atoms with van der Waals surface area (Å²) in [6, 6.07) is 10.1. The van der Waals surface area contributed by atoms with E-state index < -0.39 is 0 Å². The number of aromatic nitrogens is 2. The number of pyridine rings is 1. The van der Waals surface area contributed by atoms with E-state index in [9.17, 15) is 9.59 Å². The monoisotopic (exact) mass is 337 g/mol. The molecular formula is C19H19N3O3. The van der Waals surface area contributed by atoms with Crippen molar-refractivity contribution in [2.24, 2.45) is 0 Å². The molecule has 3 rings (SSSR count). The van der Waals surface area contributed by atoms with Crippen LogP contribution in [0.4, 0.5) is 5.69 Å². The number of carbonyl (C=O) groups excluding carboxylic acids is 2. The van der Waals surface area contributed by atoms with Gasteiger partial charge in [0.05, 0.1) is 17.9 Å². The summed E-state index contributed by atoms with van der Waals surface area (Å²) in [5.74, 6) is -0.593. The molecule has 128 valence electrons. The lowest BCUT2D eigenvalue weighted by molar-refractivity contribution is 0.0505. The largest absolute Gasteiger partial charge is 0.462 e. The number of hydrogen-bond donors (Lipinski definition) is 1. The minimum Gasteiger partial charge on any atom is -0.462 e. The van der Waals surface area contributed by atoms with Gasteiger partial charge in [-0.2, -0.15) is 0 Å². The maximum atomic E-state index is 12.4. The fourth-order valence-electron chi connectivity index (χ4n) is 2.42. The van der Waals surface area contributed by atoms with Crippen LogP contribution >= 0.6 is 0 Å². The average molecular weight is 337 g/mol. The van der Waals surface area contributed by atoms with Crippen molar-refractivity contribution >= 4 is 23.2 Å². The molecule has 2 aromatic heterocycles. The van der Waals surface area contributed by atoms with Gasteiger partial charge in [0, 0.05) is 23.6 Å². The molecule has 1 N–H and O–H groups in total. The first-order valence-electron chi connectivity index (χ1n) is 8.10. The van der Waals surface area contributed by atoms with Gasteiger partial charge in [-0.05, 0) is 49.7 Å². The van der Waals surface area contributed by atoms with Crippen molar-refractivity contribution in [1.29, 1.82) is 0 Å². The van der Waals surface area contributed by atoms with E-state index in [1.54, 1.807) is 42.6 Å². The van der Waals surface area contributed by atoms with Gasteiger partial charge >= 0.3 is 5.97 Å². The van der Waals surface area contributed by atoms with Gasteiger partial charge < -0.3 is 14.5 Å². The van der Waals surface area contributed by atoms with E-state index in [0.717, 1.165) is 17.8 Å². The second-order valence-corrected chi connectivity index (χ2v) is 5.73. The van der Waals surface area contributed by atoms with E-state index in [2.05, 4.69) is 10.3 Å². The van der Waals surface area contributed by atoms with Crippen LogP contribution in [-0.4, -0.2) is 27.9 Å². The van der Waals surface area contributed by atoms with E-state index in [0.29, 0.717) is 23.4 Å². The van der Waals surface area contributed by atoms with Gasteiger partial charge in [-0.3, -0.25) is 4.79 Å². The zero-order valence-electron chi connectivity index (χ0n) is 14.2. The third-order valence-electron chi connectivity index (χ3n) is 3.66. The lowest BCUT2D eigenvalue weighted by Crippen LogP contribution is -2.12. The number of aryl methyl sites for hydroxylation is 1. The molecule has 0 spiro atoms. The number of nitrogens with zero attached hydrogens (tertiary/aromatic N) is 2. The van der Waals surface area contributed by atoms with Crippen LogP contribution in [0, 0.1) is 6.92 Å². The summed E-state index contributed by atoms with van der Waals surface area (Å²) >= 11 is 0. The first-order chi connectivity index (χ1) is 12.1. The Morgan fingerprint density at radius 1 is 1.16 bits per heavy atom. The molecule has 0 atom stereocenters. The summed E-state index contributed by atoms with van der Waals surface area (Å²) in [5, 5.41) is 2.81. The molecule has 1 aromatic carbocycles. The summed E-state index contributed by atoms with van der Waals surface area (Å²) in [5.41, 5.74) is 3.20. The Morgan fingerprint density at radius 2 is 1.92 bits per heavy atom. The predicted molar refractivity (Wildman–Crippen MR) is 94.9 cm³/mol. The third-order valence-corrected chi connectivity index (χ3v) is 3.66. The molecule has 6 nitrogen and oxygen atoms in total. The first kappa shape index (κ1) is 16.7. The molecule has 0 fully saturated rings. The highest BCUT2D eigenvalue weighted by Gasteiger charge is 2.10. The molecule has 0 saturated heterocycles. The van der Waals surface area contributed by atoms with Crippen molar-refractivity contribution in [2.75, 3.05) is 11.9 Å². The second kappa shape index (κ2) is 7.17. The normalized spacial score (nSPS) is 10.6. The number of esters is 1. The molecule has 0 bridgehead atoms. The SMILES string of the molecule is CCCOC(=O)c1ccc(NC(=O)c2ccn3cc(C)nc3c2)cc1. The number of imidazole rings is 1. The topological polar surface area (TPSA) is 72.7 Å². The third kappa shape index (κ3) is 3.85. The highest BCUT2D eigenvalue weighted by molar-refractivity contribution is 6.05. The van der Waals surface area contributed by atoms with Crippen LogP contribution in [0.2, 0.25) is 0 Å². The molecule has 25 heavy (non-hydrogen) atoms. The van der Waals surface area contributed by atoms with Gasteiger partial charge in [-0.15, -0.1) is 0 Å². The van der Waals surface area contributed by atoms with Gasteiger partial charge in [0.1, 0.15) is 5.65 Å². The Morgan fingerprint density at radius 3 is 2.64 bits per heavy atom. The molecule has 0 aliphatic rings. The predicted octanol–water partition coefficient (Wildman–Crippen LogP) is 3.46. The highest BCUT2D eigenvalue weighted by Crippen LogP contribution is 2.14. The lowest BCUT2D eigenvalue weighted by Gasteiger charge is -2.07. The maximum Gasteiger partial charge on any atom is 0.338 e. The number of fused-ring (bicyclic) bond motifs is 1. The number of rotatable bonds is 5. The number of nitrogens with one attached hydrogen (secondary N) is 1. The van der Waals surface area contributed by atoms with E-state index in [-0.39, 0.29) is 11.9 Å². The van der Waals surface area contributed by atoms with Crippen LogP contribution in [0.5, 0.6) is 0 Å². The molecule has 1 amide bonds. The van der Waals surface area contributed by atoms with Crippen LogP contribution in [0.15, 0.2) is 48.8 Å². The number of hydrogen-bond acceptors (Lipinski definition) is 4. The summed E-state index contributed by atoms with van der Waals surface area (Å²) in [7, 11) is 0. The summed E-state index contributed by atoms with van der Waals surface area (Å²) in [6.45, 7) is 4.24. The molecule has 3 aromatic rings. The van der Waals surface area contributed by atoms with Crippen LogP contribution in [0.25, 0.3) is 5.65 Å². The molecule has 6 heteroatoms. The molecule has 0 unspecified atom stereocenters. The zero-order valence-corrected chi connectivity index (χ0v) is 14.2. The number of anilines is 1. The van der Waals surface area contributed by atoms with Crippen LogP contribution in [0.3, 0.4) is 0 Å². The molecule has 0 aliphatic heterocycles. The van der Waals surface area contributed by atoms with Crippen molar-refractivity contribution < 1.29 is 14.3 Å². The zero-order chi connectivity index (χ0) is 17.8. The van der Waals surface area contributed by atoms with Gasteiger partial charge in [0.2, 0.25) is 0 Å². The maximum absolute atomic E-state index is 12.4. The Hall–Kier alpha value is -3.15. The number of amides is 1. The molecule has 0 saturated carbocycles. The highest BCUT2D eigenvalue weighted by atomic mass is 16.5.